The minimum Gasteiger partial charge on any atom is -0.468 e. The molecule has 4 rings (SSSR count). The first-order valence-corrected chi connectivity index (χ1v) is 10.6. The third kappa shape index (κ3) is 4.21. The molecule has 3 aromatic rings. The number of rotatable bonds is 6. The molecule has 1 saturated heterocycles. The lowest BCUT2D eigenvalue weighted by molar-refractivity contribution is -0.141. The number of ether oxygens (including phenoxy) is 1. The summed E-state index contributed by atoms with van der Waals surface area (Å²) in [7, 11) is 1.37. The highest BCUT2D eigenvalue weighted by atomic mass is 32.2. The van der Waals surface area contributed by atoms with E-state index in [2.05, 4.69) is 29.7 Å². The van der Waals surface area contributed by atoms with Crippen molar-refractivity contribution in [3.8, 4) is 0 Å². The van der Waals surface area contributed by atoms with Crippen LogP contribution in [0.5, 0.6) is 0 Å². The van der Waals surface area contributed by atoms with Crippen molar-refractivity contribution < 1.29 is 14.3 Å². The summed E-state index contributed by atoms with van der Waals surface area (Å²) in [6, 6.07) is 16.0. The van der Waals surface area contributed by atoms with E-state index in [0.29, 0.717) is 4.91 Å². The van der Waals surface area contributed by atoms with Crippen LogP contribution in [0, 0.1) is 0 Å². The zero-order valence-electron chi connectivity index (χ0n) is 16.8. The van der Waals surface area contributed by atoms with Crippen LogP contribution in [0.4, 0.5) is 5.69 Å². The number of aryl methyl sites for hydroxylation is 1. The Morgan fingerprint density at radius 1 is 1.23 bits per heavy atom. The summed E-state index contributed by atoms with van der Waals surface area (Å²) in [5, 5.41) is 7.28. The van der Waals surface area contributed by atoms with E-state index >= 15 is 0 Å². The van der Waals surface area contributed by atoms with Crippen LogP contribution in [0.2, 0.25) is 0 Å². The van der Waals surface area contributed by atoms with Gasteiger partial charge in [-0.1, -0.05) is 49.0 Å². The molecule has 1 aliphatic rings. The molecule has 2 heterocycles. The van der Waals surface area contributed by atoms with Gasteiger partial charge in [0.2, 0.25) is 0 Å². The Hall–Kier alpha value is -3.19. The number of thioether (sulfide) groups is 1. The highest BCUT2D eigenvalue weighted by molar-refractivity contribution is 8.05. The Labute approximate surface area is 179 Å². The summed E-state index contributed by atoms with van der Waals surface area (Å²) < 4.78 is 6.64. The number of para-hydroxylation sites is 1. The minimum absolute atomic E-state index is 0.118. The summed E-state index contributed by atoms with van der Waals surface area (Å²) in [4.78, 5) is 24.9. The molecule has 0 radical (unpaired) electrons. The van der Waals surface area contributed by atoms with E-state index in [1.165, 1.54) is 24.4 Å². The molecule has 1 aromatic heterocycles. The van der Waals surface area contributed by atoms with Gasteiger partial charge in [0.05, 0.1) is 12.0 Å². The Morgan fingerprint density at radius 3 is 2.73 bits per heavy atom. The van der Waals surface area contributed by atoms with E-state index in [0.717, 1.165) is 28.6 Å². The van der Waals surface area contributed by atoms with E-state index in [9.17, 15) is 9.59 Å². The number of benzene rings is 2. The SMILES string of the molecule is CCc1ccc(N[C@@H]2NC(=O)/C(=C/c3cn(CC(=O)OC)c4ccccc34)S2)cc1. The molecule has 2 N–H and O–H groups in total. The van der Waals surface area contributed by atoms with E-state index in [-0.39, 0.29) is 23.9 Å². The molecule has 154 valence electrons. The normalized spacial score (nSPS) is 17.3. The maximum atomic E-state index is 12.5. The van der Waals surface area contributed by atoms with Gasteiger partial charge in [-0.15, -0.1) is 0 Å². The molecule has 0 bridgehead atoms. The molecule has 30 heavy (non-hydrogen) atoms. The number of carbonyl (C=O) groups excluding carboxylic acids is 2. The lowest BCUT2D eigenvalue weighted by Crippen LogP contribution is -2.30. The van der Waals surface area contributed by atoms with Gasteiger partial charge in [0.25, 0.3) is 5.91 Å². The number of methoxy groups -OCH3 is 1. The molecular weight excluding hydrogens is 398 g/mol. The standard InChI is InChI=1S/C23H23N3O3S/c1-3-15-8-10-17(11-9-15)24-23-25-22(28)20(30-23)12-16-13-26(14-21(27)29-2)19-7-5-4-6-18(16)19/h4-13,23-24H,3,14H2,1-2H3,(H,25,28)/b20-12-/t23-/m1/s1. The molecular formula is C23H23N3O3S. The zero-order valence-corrected chi connectivity index (χ0v) is 17.7. The number of aromatic nitrogens is 1. The Kier molecular flexibility index (Phi) is 5.81. The molecule has 0 saturated carbocycles. The number of anilines is 1. The summed E-state index contributed by atoms with van der Waals surface area (Å²) in [6.45, 7) is 2.24. The van der Waals surface area contributed by atoms with Crippen LogP contribution < -0.4 is 10.6 Å². The van der Waals surface area contributed by atoms with Gasteiger partial charge in [-0.2, -0.15) is 0 Å². The molecule has 7 heteroatoms. The van der Waals surface area contributed by atoms with Gasteiger partial charge in [0, 0.05) is 28.4 Å². The number of fused-ring (bicyclic) bond motifs is 1. The summed E-state index contributed by atoms with van der Waals surface area (Å²) in [5.74, 6) is -0.436. The monoisotopic (exact) mass is 421 g/mol. The van der Waals surface area contributed by atoms with E-state index in [1.807, 2.05) is 53.2 Å². The largest absolute Gasteiger partial charge is 0.468 e. The van der Waals surface area contributed by atoms with E-state index < -0.39 is 0 Å². The Bertz CT molecular complexity index is 1120. The molecule has 1 amide bonds. The van der Waals surface area contributed by atoms with Crippen LogP contribution in [-0.2, 0) is 27.3 Å². The van der Waals surface area contributed by atoms with Gasteiger partial charge >= 0.3 is 5.97 Å². The fraction of sp³-hybridized carbons (Fsp3) is 0.217. The number of carbonyl (C=O) groups is 2. The number of nitrogens with zero attached hydrogens (tertiary/aromatic N) is 1. The molecule has 1 atom stereocenters. The smallest absolute Gasteiger partial charge is 0.325 e. The van der Waals surface area contributed by atoms with Crippen LogP contribution in [0.1, 0.15) is 18.1 Å². The van der Waals surface area contributed by atoms with Crippen molar-refractivity contribution in [1.82, 2.24) is 9.88 Å². The molecule has 0 aliphatic carbocycles. The number of hydrogen-bond donors (Lipinski definition) is 2. The molecule has 1 fully saturated rings. The molecule has 0 unspecified atom stereocenters. The van der Waals surface area contributed by atoms with Crippen LogP contribution in [0.3, 0.4) is 0 Å². The van der Waals surface area contributed by atoms with Crippen molar-refractivity contribution in [2.75, 3.05) is 12.4 Å². The van der Waals surface area contributed by atoms with E-state index in [4.69, 9.17) is 4.74 Å². The molecule has 2 aromatic carbocycles. The Morgan fingerprint density at radius 2 is 2.00 bits per heavy atom. The first-order valence-electron chi connectivity index (χ1n) is 9.76. The number of esters is 1. The topological polar surface area (TPSA) is 72.4 Å². The minimum atomic E-state index is -0.318. The third-order valence-electron chi connectivity index (χ3n) is 5.02. The van der Waals surface area contributed by atoms with Gasteiger partial charge in [0.1, 0.15) is 6.54 Å². The third-order valence-corrected chi connectivity index (χ3v) is 6.05. The fourth-order valence-electron chi connectivity index (χ4n) is 3.42. The predicted molar refractivity (Wildman–Crippen MR) is 121 cm³/mol. The van der Waals surface area contributed by atoms with Gasteiger partial charge in [-0.05, 0) is 36.3 Å². The van der Waals surface area contributed by atoms with E-state index in [1.54, 1.807) is 0 Å². The molecule has 0 spiro atoms. The Balaban J connectivity index is 1.56. The van der Waals surface area contributed by atoms with Crippen LogP contribution in [0.25, 0.3) is 17.0 Å². The lowest BCUT2D eigenvalue weighted by Gasteiger charge is -2.12. The summed E-state index contributed by atoms with van der Waals surface area (Å²) in [5.41, 5.74) is 3.80. The first kappa shape index (κ1) is 20.1. The molecule has 1 aliphatic heterocycles. The van der Waals surface area contributed by atoms with Crippen LogP contribution >= 0.6 is 11.8 Å². The number of nitrogens with one attached hydrogen (secondary N) is 2. The van der Waals surface area contributed by atoms with Crippen molar-refractivity contribution in [1.29, 1.82) is 0 Å². The van der Waals surface area contributed by atoms with Crippen molar-refractivity contribution in [3.63, 3.8) is 0 Å². The summed E-state index contributed by atoms with van der Waals surface area (Å²) >= 11 is 1.44. The van der Waals surface area contributed by atoms with Crippen molar-refractivity contribution in [3.05, 3.63) is 70.8 Å². The first-order chi connectivity index (χ1) is 14.6. The molecule has 6 nitrogen and oxygen atoms in total. The maximum absolute atomic E-state index is 12.5. The van der Waals surface area contributed by atoms with Gasteiger partial charge in [-0.25, -0.2) is 0 Å². The highest BCUT2D eigenvalue weighted by Gasteiger charge is 2.27. The highest BCUT2D eigenvalue weighted by Crippen LogP contribution is 2.32. The second kappa shape index (κ2) is 8.67. The number of amides is 1. The van der Waals surface area contributed by atoms with Crippen molar-refractivity contribution >= 4 is 46.3 Å². The second-order valence-electron chi connectivity index (χ2n) is 6.98. The predicted octanol–water partition coefficient (Wildman–Crippen LogP) is 3.98. The summed E-state index contributed by atoms with van der Waals surface area (Å²) in [6.07, 6.45) is 4.75. The quantitative estimate of drug-likeness (QED) is 0.465. The van der Waals surface area contributed by atoms with Crippen molar-refractivity contribution in [2.24, 2.45) is 0 Å². The number of hydrogen-bond acceptors (Lipinski definition) is 5. The zero-order chi connectivity index (χ0) is 21.1. The van der Waals surface area contributed by atoms with Crippen LogP contribution in [0.15, 0.2) is 59.6 Å². The fourth-order valence-corrected chi connectivity index (χ4v) is 4.40. The lowest BCUT2D eigenvalue weighted by atomic mass is 10.1. The van der Waals surface area contributed by atoms with Crippen LogP contribution in [-0.4, -0.2) is 29.1 Å². The van der Waals surface area contributed by atoms with Crippen molar-refractivity contribution in [2.45, 2.75) is 25.4 Å². The average Bonchev–Trinajstić information content (AvgIpc) is 3.28. The second-order valence-corrected chi connectivity index (χ2v) is 8.13. The maximum Gasteiger partial charge on any atom is 0.325 e. The van der Waals surface area contributed by atoms with Gasteiger partial charge in [0.15, 0.2) is 5.50 Å². The van der Waals surface area contributed by atoms with Gasteiger partial charge in [-0.3, -0.25) is 9.59 Å². The average molecular weight is 422 g/mol. The van der Waals surface area contributed by atoms with Gasteiger partial charge < -0.3 is 19.9 Å².